The fraction of sp³-hybridized carbons (Fsp3) is 0.917. The maximum Gasteiger partial charge on any atom is 0.0672 e. The maximum absolute atomic E-state index is 9.13. The van der Waals surface area contributed by atoms with E-state index < -0.39 is 0 Å². The molecule has 0 aromatic rings. The molecule has 0 bridgehead atoms. The summed E-state index contributed by atoms with van der Waals surface area (Å²) in [5, 5.41) is 9.13. The first-order valence-electron chi connectivity index (χ1n) is 5.89. The van der Waals surface area contributed by atoms with Gasteiger partial charge in [0.25, 0.3) is 0 Å². The van der Waals surface area contributed by atoms with E-state index in [0.717, 1.165) is 13.0 Å². The normalized spacial score (nSPS) is 28.4. The Kier molecular flexibility index (Phi) is 4.97. The summed E-state index contributed by atoms with van der Waals surface area (Å²) in [5.41, 5.74) is 0. The van der Waals surface area contributed by atoms with Crippen LogP contribution in [-0.2, 0) is 0 Å². The summed E-state index contributed by atoms with van der Waals surface area (Å²) in [5.74, 6) is 0.272. The van der Waals surface area contributed by atoms with Crippen molar-refractivity contribution >= 4 is 0 Å². The van der Waals surface area contributed by atoms with Gasteiger partial charge in [-0.3, -0.25) is 0 Å². The van der Waals surface area contributed by atoms with Crippen molar-refractivity contribution in [1.82, 2.24) is 4.90 Å². The second-order valence-corrected chi connectivity index (χ2v) is 4.42. The van der Waals surface area contributed by atoms with Gasteiger partial charge in [-0.15, -0.1) is 0 Å². The predicted octanol–water partition coefficient (Wildman–Crippen LogP) is 2.80. The monoisotopic (exact) mass is 194 g/mol. The first-order valence-corrected chi connectivity index (χ1v) is 5.89. The van der Waals surface area contributed by atoms with Gasteiger partial charge in [-0.25, -0.2) is 0 Å². The summed E-state index contributed by atoms with van der Waals surface area (Å²) in [4.78, 5) is 2.39. The zero-order valence-electron chi connectivity index (χ0n) is 9.50. The predicted molar refractivity (Wildman–Crippen MR) is 58.9 cm³/mol. The van der Waals surface area contributed by atoms with Crippen LogP contribution < -0.4 is 0 Å². The largest absolute Gasteiger partial charge is 0.302 e. The van der Waals surface area contributed by atoms with Crippen molar-refractivity contribution in [3.8, 4) is 6.07 Å². The zero-order valence-corrected chi connectivity index (χ0v) is 9.50. The van der Waals surface area contributed by atoms with E-state index in [2.05, 4.69) is 24.9 Å². The molecule has 0 aliphatic heterocycles. The molecule has 0 radical (unpaired) electrons. The molecule has 0 N–H and O–H groups in total. The summed E-state index contributed by atoms with van der Waals surface area (Å²) in [6.07, 6.45) is 7.37. The zero-order chi connectivity index (χ0) is 10.4. The van der Waals surface area contributed by atoms with Crippen molar-refractivity contribution in [2.75, 3.05) is 13.6 Å². The van der Waals surface area contributed by atoms with Gasteiger partial charge in [-0.1, -0.05) is 26.2 Å². The minimum atomic E-state index is 0.272. The summed E-state index contributed by atoms with van der Waals surface area (Å²) >= 11 is 0. The van der Waals surface area contributed by atoms with Crippen LogP contribution in [0.4, 0.5) is 0 Å². The quantitative estimate of drug-likeness (QED) is 0.646. The van der Waals surface area contributed by atoms with E-state index in [1.165, 1.54) is 32.1 Å². The highest BCUT2D eigenvalue weighted by atomic mass is 15.1. The fourth-order valence-electron chi connectivity index (χ4n) is 2.48. The summed E-state index contributed by atoms with van der Waals surface area (Å²) in [7, 11) is 2.17. The van der Waals surface area contributed by atoms with Crippen molar-refractivity contribution in [2.45, 2.75) is 51.5 Å². The molecule has 0 aromatic heterocycles. The van der Waals surface area contributed by atoms with E-state index in [-0.39, 0.29) is 5.92 Å². The maximum atomic E-state index is 9.13. The number of nitriles is 1. The van der Waals surface area contributed by atoms with E-state index in [1.807, 2.05) is 0 Å². The van der Waals surface area contributed by atoms with Gasteiger partial charge >= 0.3 is 0 Å². The molecule has 0 heterocycles. The van der Waals surface area contributed by atoms with E-state index in [9.17, 15) is 0 Å². The summed E-state index contributed by atoms with van der Waals surface area (Å²) < 4.78 is 0. The molecule has 14 heavy (non-hydrogen) atoms. The lowest BCUT2D eigenvalue weighted by Crippen LogP contribution is -2.37. The molecular formula is C12H22N2. The molecule has 2 unspecified atom stereocenters. The molecule has 2 heteroatoms. The van der Waals surface area contributed by atoms with Crippen LogP contribution in [0.1, 0.15) is 45.4 Å². The fourth-order valence-corrected chi connectivity index (χ4v) is 2.48. The van der Waals surface area contributed by atoms with Crippen LogP contribution in [0.3, 0.4) is 0 Å². The van der Waals surface area contributed by atoms with E-state index in [1.54, 1.807) is 0 Å². The van der Waals surface area contributed by atoms with Crippen LogP contribution in [0, 0.1) is 17.2 Å². The SMILES string of the molecule is CCCN(C)C1CCCCCC1C#N. The molecule has 2 atom stereocenters. The molecule has 0 spiro atoms. The topological polar surface area (TPSA) is 27.0 Å². The summed E-state index contributed by atoms with van der Waals surface area (Å²) in [6, 6.07) is 3.01. The Balaban J connectivity index is 2.56. The van der Waals surface area contributed by atoms with Crippen molar-refractivity contribution < 1.29 is 0 Å². The molecule has 1 fully saturated rings. The van der Waals surface area contributed by atoms with Gasteiger partial charge < -0.3 is 4.90 Å². The lowest BCUT2D eigenvalue weighted by molar-refractivity contribution is 0.191. The van der Waals surface area contributed by atoms with E-state index >= 15 is 0 Å². The van der Waals surface area contributed by atoms with Gasteiger partial charge in [-0.05, 0) is 32.9 Å². The number of hydrogen-bond donors (Lipinski definition) is 0. The van der Waals surface area contributed by atoms with Crippen LogP contribution in [0.15, 0.2) is 0 Å². The Morgan fingerprint density at radius 3 is 2.64 bits per heavy atom. The molecule has 0 saturated heterocycles. The average molecular weight is 194 g/mol. The van der Waals surface area contributed by atoms with Crippen LogP contribution in [0.2, 0.25) is 0 Å². The first-order chi connectivity index (χ1) is 6.79. The molecule has 2 nitrogen and oxygen atoms in total. The van der Waals surface area contributed by atoms with Gasteiger partial charge in [-0.2, -0.15) is 5.26 Å². The van der Waals surface area contributed by atoms with Gasteiger partial charge in [0.1, 0.15) is 0 Å². The number of nitrogens with zero attached hydrogens (tertiary/aromatic N) is 2. The lowest BCUT2D eigenvalue weighted by atomic mass is 9.95. The highest BCUT2D eigenvalue weighted by Gasteiger charge is 2.26. The molecule has 0 amide bonds. The third-order valence-corrected chi connectivity index (χ3v) is 3.29. The van der Waals surface area contributed by atoms with Gasteiger partial charge in [0.15, 0.2) is 0 Å². The Bertz CT molecular complexity index is 195. The smallest absolute Gasteiger partial charge is 0.0672 e. The third-order valence-electron chi connectivity index (χ3n) is 3.29. The summed E-state index contributed by atoms with van der Waals surface area (Å²) in [6.45, 7) is 3.33. The van der Waals surface area contributed by atoms with E-state index in [0.29, 0.717) is 6.04 Å². The van der Waals surface area contributed by atoms with Gasteiger partial charge in [0.05, 0.1) is 12.0 Å². The average Bonchev–Trinajstić information content (AvgIpc) is 2.42. The Morgan fingerprint density at radius 1 is 1.29 bits per heavy atom. The molecular weight excluding hydrogens is 172 g/mol. The van der Waals surface area contributed by atoms with Crippen LogP contribution in [0.5, 0.6) is 0 Å². The van der Waals surface area contributed by atoms with Crippen molar-refractivity contribution in [1.29, 1.82) is 5.26 Å². The van der Waals surface area contributed by atoms with Crippen molar-refractivity contribution in [3.05, 3.63) is 0 Å². The molecule has 0 aromatic carbocycles. The Morgan fingerprint density at radius 2 is 2.00 bits per heavy atom. The highest BCUT2D eigenvalue weighted by molar-refractivity contribution is 4.93. The standard InChI is InChI=1S/C12H22N2/c1-3-9-14(2)12-8-6-4-5-7-11(12)10-13/h11-12H,3-9H2,1-2H3. The van der Waals surface area contributed by atoms with Crippen LogP contribution in [0.25, 0.3) is 0 Å². The number of rotatable bonds is 3. The lowest BCUT2D eigenvalue weighted by Gasteiger charge is -2.29. The molecule has 1 aliphatic carbocycles. The van der Waals surface area contributed by atoms with E-state index in [4.69, 9.17) is 5.26 Å². The van der Waals surface area contributed by atoms with Gasteiger partial charge in [0, 0.05) is 6.04 Å². The molecule has 1 aliphatic rings. The van der Waals surface area contributed by atoms with Crippen molar-refractivity contribution in [3.63, 3.8) is 0 Å². The van der Waals surface area contributed by atoms with Crippen LogP contribution in [-0.4, -0.2) is 24.5 Å². The molecule has 80 valence electrons. The van der Waals surface area contributed by atoms with Gasteiger partial charge in [0.2, 0.25) is 0 Å². The Hall–Kier alpha value is -0.550. The Labute approximate surface area is 87.9 Å². The third kappa shape index (κ3) is 2.99. The second-order valence-electron chi connectivity index (χ2n) is 4.42. The van der Waals surface area contributed by atoms with Crippen molar-refractivity contribution in [2.24, 2.45) is 5.92 Å². The van der Waals surface area contributed by atoms with Crippen LogP contribution >= 0.6 is 0 Å². The first kappa shape index (κ1) is 11.5. The highest BCUT2D eigenvalue weighted by Crippen LogP contribution is 2.26. The minimum Gasteiger partial charge on any atom is -0.302 e. The second kappa shape index (κ2) is 6.03. The minimum absolute atomic E-state index is 0.272. The number of hydrogen-bond acceptors (Lipinski definition) is 2. The molecule has 1 saturated carbocycles. The molecule has 1 rings (SSSR count).